The Morgan fingerprint density at radius 2 is 1.29 bits per heavy atom. The summed E-state index contributed by atoms with van der Waals surface area (Å²) in [6, 6.07) is 21.3. The standard InChI is InChI=1S/C44H46N4O2S2/c1-3-43(28-13-7-5-8-14-28)34-31(46-38-36(43)51-26-45-38)23-42(25-33(34)50)20-17-27(21-42)40-48-39-37(52-40)44(4-2,29-15-9-6-10-16-29)35-30(47-39)22-41(24-32(35)49)18-11-12-19-41/h5-10,13-16,26-27,46-47H,3-4,11-12,17-25H2,1-2H3/t27?,42?,43-,44+/m1/s1. The highest BCUT2D eigenvalue weighted by Gasteiger charge is 2.56. The minimum absolute atomic E-state index is 0.0939. The molecule has 4 heterocycles. The van der Waals surface area contributed by atoms with Gasteiger partial charge in [-0.15, -0.1) is 22.7 Å². The number of carbonyl (C=O) groups is 2. The summed E-state index contributed by atoms with van der Waals surface area (Å²) in [6.45, 7) is 4.47. The molecular formula is C44H46N4O2S2. The van der Waals surface area contributed by atoms with Crippen LogP contribution in [0.4, 0.5) is 11.6 Å². The lowest BCUT2D eigenvalue weighted by Gasteiger charge is -2.45. The summed E-state index contributed by atoms with van der Waals surface area (Å²) in [7, 11) is 0. The summed E-state index contributed by atoms with van der Waals surface area (Å²) >= 11 is 3.48. The van der Waals surface area contributed by atoms with Crippen LogP contribution in [-0.2, 0) is 20.4 Å². The number of carbonyl (C=O) groups excluding carboxylic acids is 2. The molecule has 2 fully saturated rings. The molecule has 0 bridgehead atoms. The third-order valence-electron chi connectivity index (χ3n) is 14.0. The van der Waals surface area contributed by atoms with E-state index in [1.165, 1.54) is 28.8 Å². The molecule has 6 nitrogen and oxygen atoms in total. The van der Waals surface area contributed by atoms with Crippen molar-refractivity contribution in [3.05, 3.63) is 115 Å². The Hall–Kier alpha value is -3.88. The van der Waals surface area contributed by atoms with Crippen LogP contribution in [-0.4, -0.2) is 21.5 Å². The van der Waals surface area contributed by atoms with Crippen molar-refractivity contribution in [2.24, 2.45) is 10.8 Å². The van der Waals surface area contributed by atoms with Gasteiger partial charge in [0.15, 0.2) is 11.6 Å². The summed E-state index contributed by atoms with van der Waals surface area (Å²) in [5, 5.41) is 8.67. The Kier molecular flexibility index (Phi) is 7.44. The number of ketones is 2. The van der Waals surface area contributed by atoms with E-state index in [1.807, 2.05) is 16.8 Å². The van der Waals surface area contributed by atoms with E-state index in [0.29, 0.717) is 18.6 Å². The number of fused-ring (bicyclic) bond motifs is 2. The number of aromatic nitrogens is 2. The predicted molar refractivity (Wildman–Crippen MR) is 209 cm³/mol. The van der Waals surface area contributed by atoms with Crippen LogP contribution in [0.1, 0.15) is 129 Å². The van der Waals surface area contributed by atoms with Crippen LogP contribution in [0.2, 0.25) is 0 Å². The average Bonchev–Trinajstić information content (AvgIpc) is 3.98. The molecule has 4 aromatic rings. The van der Waals surface area contributed by atoms with Gasteiger partial charge in [0.05, 0.1) is 31.1 Å². The van der Waals surface area contributed by atoms with E-state index in [0.717, 1.165) is 102 Å². The number of hydrogen-bond acceptors (Lipinski definition) is 8. The first-order valence-electron chi connectivity index (χ1n) is 19.5. The lowest BCUT2D eigenvalue weighted by Crippen LogP contribution is -2.43. The zero-order chi connectivity index (χ0) is 35.3. The van der Waals surface area contributed by atoms with E-state index < -0.39 is 10.8 Å². The highest BCUT2D eigenvalue weighted by atomic mass is 32.1. The smallest absolute Gasteiger partial charge is 0.162 e. The molecule has 4 atom stereocenters. The van der Waals surface area contributed by atoms with Crippen LogP contribution in [0.3, 0.4) is 0 Å². The maximum atomic E-state index is 14.7. The molecule has 0 amide bonds. The van der Waals surface area contributed by atoms with Crippen molar-refractivity contribution in [2.75, 3.05) is 10.6 Å². The maximum Gasteiger partial charge on any atom is 0.162 e. The van der Waals surface area contributed by atoms with E-state index in [1.54, 1.807) is 11.3 Å². The van der Waals surface area contributed by atoms with Gasteiger partial charge in [-0.05, 0) is 79.7 Å². The van der Waals surface area contributed by atoms with Crippen LogP contribution in [0, 0.1) is 10.8 Å². The number of hydrogen-bond donors (Lipinski definition) is 2. The zero-order valence-electron chi connectivity index (χ0n) is 30.1. The quantitative estimate of drug-likeness (QED) is 0.213. The Balaban J connectivity index is 1.02. The fraction of sp³-hybridized carbons (Fsp3) is 0.455. The normalized spacial score (nSPS) is 30.2. The van der Waals surface area contributed by atoms with Crippen molar-refractivity contribution in [1.29, 1.82) is 0 Å². The van der Waals surface area contributed by atoms with Crippen molar-refractivity contribution in [2.45, 2.75) is 114 Å². The molecule has 4 aliphatic carbocycles. The number of nitrogens with one attached hydrogen (secondary N) is 2. The van der Waals surface area contributed by atoms with Crippen LogP contribution in [0.15, 0.2) is 88.7 Å². The predicted octanol–water partition coefficient (Wildman–Crippen LogP) is 10.6. The lowest BCUT2D eigenvalue weighted by atomic mass is 9.61. The van der Waals surface area contributed by atoms with Crippen LogP contribution in [0.5, 0.6) is 0 Å². The average molecular weight is 727 g/mol. The minimum Gasteiger partial charge on any atom is -0.342 e. The maximum absolute atomic E-state index is 14.7. The highest BCUT2D eigenvalue weighted by molar-refractivity contribution is 7.12. The first-order chi connectivity index (χ1) is 25.3. The van der Waals surface area contributed by atoms with Crippen molar-refractivity contribution in [3.8, 4) is 0 Å². The van der Waals surface area contributed by atoms with Crippen molar-refractivity contribution in [3.63, 3.8) is 0 Å². The molecule has 6 aliphatic rings. The molecule has 0 saturated heterocycles. The van der Waals surface area contributed by atoms with E-state index in [4.69, 9.17) is 9.97 Å². The number of allylic oxidation sites excluding steroid dienone is 4. The highest BCUT2D eigenvalue weighted by Crippen LogP contribution is 2.63. The molecule has 52 heavy (non-hydrogen) atoms. The Morgan fingerprint density at radius 1 is 0.712 bits per heavy atom. The van der Waals surface area contributed by atoms with Crippen molar-refractivity contribution in [1.82, 2.24) is 9.97 Å². The van der Waals surface area contributed by atoms with E-state index in [2.05, 4.69) is 85.1 Å². The van der Waals surface area contributed by atoms with Gasteiger partial charge in [-0.25, -0.2) is 9.97 Å². The summed E-state index contributed by atoms with van der Waals surface area (Å²) < 4.78 is 0. The van der Waals surface area contributed by atoms with Crippen molar-refractivity contribution >= 4 is 45.9 Å². The fourth-order valence-corrected chi connectivity index (χ4v) is 14.3. The Morgan fingerprint density at radius 3 is 1.92 bits per heavy atom. The number of rotatable bonds is 5. The number of thiazole rings is 2. The topological polar surface area (TPSA) is 84.0 Å². The largest absolute Gasteiger partial charge is 0.342 e. The van der Waals surface area contributed by atoms with Gasteiger partial charge in [0.2, 0.25) is 0 Å². The molecule has 10 rings (SSSR count). The summed E-state index contributed by atoms with van der Waals surface area (Å²) in [5.74, 6) is 2.75. The first-order valence-corrected chi connectivity index (χ1v) is 21.2. The van der Waals surface area contributed by atoms with E-state index in [-0.39, 0.29) is 22.5 Å². The van der Waals surface area contributed by atoms with Crippen LogP contribution < -0.4 is 10.6 Å². The lowest BCUT2D eigenvalue weighted by molar-refractivity contribution is -0.120. The number of Topliss-reactive ketones (excluding diaryl/α,β-unsaturated/α-hetero) is 2. The first kappa shape index (κ1) is 32.7. The number of anilines is 2. The van der Waals surface area contributed by atoms with Crippen LogP contribution >= 0.6 is 22.7 Å². The molecule has 2 spiro atoms. The third kappa shape index (κ3) is 4.52. The number of nitrogens with zero attached hydrogens (tertiary/aromatic N) is 2. The molecule has 0 radical (unpaired) electrons. The summed E-state index contributed by atoms with van der Waals surface area (Å²) in [6.07, 6.45) is 12.3. The van der Waals surface area contributed by atoms with E-state index in [9.17, 15) is 9.59 Å². The Labute approximate surface area is 314 Å². The van der Waals surface area contributed by atoms with Gasteiger partial charge in [-0.2, -0.15) is 0 Å². The fourth-order valence-electron chi connectivity index (χ4n) is 11.8. The Bertz CT molecular complexity index is 2180. The third-order valence-corrected chi connectivity index (χ3v) is 16.4. The molecule has 2 unspecified atom stereocenters. The molecular weight excluding hydrogens is 681 g/mol. The molecule has 2 saturated carbocycles. The number of benzene rings is 2. The summed E-state index contributed by atoms with van der Waals surface area (Å²) in [4.78, 5) is 41.7. The SMILES string of the molecule is CC[C@@]1(c2ccccc2)C2=C(CC3(CCC(c4nc5c(s4)[C@@](CC)(c4ccccc4)C4=C(CC6(CCCC6)CC4=O)N5)C3)CC2=O)Nc2ncsc21. The van der Waals surface area contributed by atoms with E-state index >= 15 is 0 Å². The molecule has 266 valence electrons. The van der Waals surface area contributed by atoms with Crippen molar-refractivity contribution < 1.29 is 9.59 Å². The van der Waals surface area contributed by atoms with Gasteiger partial charge >= 0.3 is 0 Å². The zero-order valence-corrected chi connectivity index (χ0v) is 31.8. The second-order valence-corrected chi connectivity index (χ2v) is 18.6. The monoisotopic (exact) mass is 726 g/mol. The molecule has 2 aliphatic heterocycles. The second-order valence-electron chi connectivity index (χ2n) is 16.7. The second kappa shape index (κ2) is 11.8. The molecule has 2 N–H and O–H groups in total. The van der Waals surface area contributed by atoms with Gasteiger partial charge in [0.1, 0.15) is 11.6 Å². The van der Waals surface area contributed by atoms with Gasteiger partial charge in [0.25, 0.3) is 0 Å². The van der Waals surface area contributed by atoms with Gasteiger partial charge in [-0.1, -0.05) is 87.4 Å². The van der Waals surface area contributed by atoms with Gasteiger partial charge < -0.3 is 10.6 Å². The summed E-state index contributed by atoms with van der Waals surface area (Å²) in [5.41, 5.74) is 7.45. The molecule has 8 heteroatoms. The molecule has 2 aromatic heterocycles. The van der Waals surface area contributed by atoms with Crippen LogP contribution in [0.25, 0.3) is 0 Å². The van der Waals surface area contributed by atoms with Gasteiger partial charge in [0, 0.05) is 41.3 Å². The molecule has 2 aromatic carbocycles. The minimum atomic E-state index is -0.501. The van der Waals surface area contributed by atoms with Gasteiger partial charge in [-0.3, -0.25) is 9.59 Å².